The zero-order valence-electron chi connectivity index (χ0n) is 14.6. The van der Waals surface area contributed by atoms with E-state index in [0.717, 1.165) is 7.05 Å². The number of hydrogen-bond donors (Lipinski definition) is 2. The molecule has 0 aliphatic rings. The Balaban J connectivity index is 0. The number of carbonyl (C=O) groups is 1. The number of amides is 2. The average Bonchev–Trinajstić information content (AvgIpc) is 2.44. The van der Waals surface area contributed by atoms with Gasteiger partial charge in [0.15, 0.2) is 0 Å². The van der Waals surface area contributed by atoms with Crippen molar-refractivity contribution in [3.05, 3.63) is 6.07 Å². The van der Waals surface area contributed by atoms with Gasteiger partial charge in [-0.2, -0.15) is 18.4 Å². The van der Waals surface area contributed by atoms with Gasteiger partial charge in [0.05, 0.1) is 26.5 Å². The Morgan fingerprint density at radius 2 is 1.62 bits per heavy atom. The number of hydrogen-bond acceptors (Lipinski definition) is 9. The Kier molecular flexibility index (Phi) is 8.34. The summed E-state index contributed by atoms with van der Waals surface area (Å²) in [5.41, 5.74) is 0. The van der Waals surface area contributed by atoms with E-state index >= 15 is 0 Å². The first-order chi connectivity index (χ1) is 10.5. The molecule has 0 radical (unpaired) electrons. The van der Waals surface area contributed by atoms with Crippen molar-refractivity contribution < 1.29 is 62.1 Å². The van der Waals surface area contributed by atoms with E-state index in [2.05, 4.69) is 9.97 Å². The van der Waals surface area contributed by atoms with Crippen LogP contribution in [0.5, 0.6) is 11.8 Å². The minimum atomic E-state index is -4.60. The molecule has 2 N–H and O–H groups in total. The second kappa shape index (κ2) is 8.77. The largest absolute Gasteiger partial charge is 1.00 e. The Morgan fingerprint density at radius 3 is 2.00 bits per heavy atom. The van der Waals surface area contributed by atoms with Crippen LogP contribution in [-0.2, 0) is 20.2 Å². The van der Waals surface area contributed by atoms with E-state index in [4.69, 9.17) is 9.47 Å². The number of aromatic nitrogens is 2. The van der Waals surface area contributed by atoms with Crippen molar-refractivity contribution in [1.29, 1.82) is 0 Å². The predicted octanol–water partition coefficient (Wildman–Crippen LogP) is -4.13. The van der Waals surface area contributed by atoms with Crippen LogP contribution in [0.25, 0.3) is 0 Å². The summed E-state index contributed by atoms with van der Waals surface area (Å²) >= 11 is 0. The molecule has 0 aliphatic carbocycles. The van der Waals surface area contributed by atoms with Gasteiger partial charge in [0, 0.05) is 7.05 Å². The van der Waals surface area contributed by atoms with Crippen molar-refractivity contribution >= 4 is 32.2 Å². The number of anilines is 1. The van der Waals surface area contributed by atoms with Crippen LogP contribution in [0, 0.1) is 0 Å². The van der Waals surface area contributed by atoms with Crippen molar-refractivity contribution in [3.8, 4) is 11.8 Å². The van der Waals surface area contributed by atoms with Gasteiger partial charge in [0.1, 0.15) is 0 Å². The van der Waals surface area contributed by atoms with Gasteiger partial charge in [0.2, 0.25) is 27.7 Å². The van der Waals surface area contributed by atoms with E-state index in [0.29, 0.717) is 6.26 Å². The monoisotopic (exact) mass is 393 g/mol. The Morgan fingerprint density at radius 1 is 1.17 bits per heavy atom. The van der Waals surface area contributed by atoms with Crippen LogP contribution < -0.4 is 49.1 Å². The van der Waals surface area contributed by atoms with Crippen molar-refractivity contribution in [2.45, 2.75) is 0 Å². The van der Waals surface area contributed by atoms with Gasteiger partial charge in [-0.3, -0.25) is 5.32 Å². The first-order valence-corrected chi connectivity index (χ1v) is 9.03. The quantitative estimate of drug-likeness (QED) is 0.458. The molecule has 0 saturated heterocycles. The Hall–Kier alpha value is -1.19. The minimum absolute atomic E-state index is 0. The predicted molar refractivity (Wildman–Crippen MR) is 79.9 cm³/mol. The normalized spacial score (nSPS) is 11.4. The fourth-order valence-electron chi connectivity index (χ4n) is 1.16. The second-order valence-corrected chi connectivity index (χ2v) is 7.93. The first kappa shape index (κ1) is 22.8. The third-order valence-corrected chi connectivity index (χ3v) is 5.81. The van der Waals surface area contributed by atoms with Crippen molar-refractivity contribution in [2.24, 2.45) is 0 Å². The van der Waals surface area contributed by atoms with Gasteiger partial charge in [-0.1, -0.05) is 3.71 Å². The van der Waals surface area contributed by atoms with Crippen LogP contribution in [0.2, 0.25) is 0 Å². The fraction of sp³-hybridized carbons (Fsp3) is 0.444. The molecule has 0 unspecified atom stereocenters. The molecule has 0 aromatic carbocycles. The molecule has 0 bridgehead atoms. The summed E-state index contributed by atoms with van der Waals surface area (Å²) in [6.45, 7) is 0. The molecule has 132 valence electrons. The van der Waals surface area contributed by atoms with Gasteiger partial charge in [0.25, 0.3) is 0 Å². The molecule has 2 amide bonds. The summed E-state index contributed by atoms with van der Waals surface area (Å²) in [6.07, 6.45) is 0.667. The maximum atomic E-state index is 11.7. The smallest absolute Gasteiger partial charge is 1.00 e. The van der Waals surface area contributed by atoms with Gasteiger partial charge in [-0.25, -0.2) is 17.9 Å². The van der Waals surface area contributed by atoms with Crippen LogP contribution in [0.15, 0.2) is 6.07 Å². The summed E-state index contributed by atoms with van der Waals surface area (Å²) in [7, 11) is -5.27. The molecular weight excluding hydrogens is 377 g/mol. The molecule has 15 heteroatoms. The summed E-state index contributed by atoms with van der Waals surface area (Å²) in [6, 6.07) is 0.0628. The third-order valence-electron chi connectivity index (χ3n) is 2.35. The molecule has 0 saturated carbocycles. The van der Waals surface area contributed by atoms with E-state index in [1.165, 1.54) is 25.0 Å². The molecule has 1 heterocycles. The second-order valence-electron chi connectivity index (χ2n) is 3.98. The average molecular weight is 393 g/mol. The number of carbonyl (C=O) groups excluding carboxylic acids is 1. The van der Waals surface area contributed by atoms with Gasteiger partial charge < -0.3 is 10.9 Å². The summed E-state index contributed by atoms with van der Waals surface area (Å²) in [5.74, 6) is -0.192. The van der Waals surface area contributed by atoms with E-state index in [1.54, 1.807) is 0 Å². The number of nitrogens with one attached hydrogen (secondary N) is 2. The van der Waals surface area contributed by atoms with E-state index < -0.39 is 26.3 Å². The summed E-state index contributed by atoms with van der Waals surface area (Å²) in [4.78, 5) is 19.2. The molecule has 1 rings (SSSR count). The number of nitrogens with zero attached hydrogens (tertiary/aromatic N) is 3. The fourth-order valence-corrected chi connectivity index (χ4v) is 3.11. The SMILES string of the molecule is COc1cc(OC)nc(NC(=O)NS(=O)(=O)N(C)S(C)(=O)=O)n1.[H-].[Na+]. The summed E-state index contributed by atoms with van der Waals surface area (Å²) < 4.78 is 57.0. The van der Waals surface area contributed by atoms with Gasteiger partial charge in [-0.15, -0.1) is 0 Å². The maximum absolute atomic E-state index is 11.7. The zero-order chi connectivity index (χ0) is 17.8. The number of sulfonamides is 1. The standard InChI is InChI=1S/C9H15N5O7S2.Na.H/c1-14(22(4,16)17)23(18,19)13-9(15)12-8-10-6(20-2)5-7(11-8)21-3;;/h5H,1-4H3,(H2,10,11,12,13,15);;/q;+1;-1. The third kappa shape index (κ3) is 6.37. The summed E-state index contributed by atoms with van der Waals surface area (Å²) in [5, 5.41) is 2.02. The van der Waals surface area contributed by atoms with Gasteiger partial charge >= 0.3 is 45.8 Å². The van der Waals surface area contributed by atoms with Crippen LogP contribution in [-0.4, -0.2) is 64.1 Å². The van der Waals surface area contributed by atoms with Crippen molar-refractivity contribution in [1.82, 2.24) is 18.4 Å². The van der Waals surface area contributed by atoms with Crippen molar-refractivity contribution in [2.75, 3.05) is 32.8 Å². The first-order valence-electron chi connectivity index (χ1n) is 5.74. The minimum Gasteiger partial charge on any atom is -1.00 e. The van der Waals surface area contributed by atoms with Crippen LogP contribution >= 0.6 is 0 Å². The van der Waals surface area contributed by atoms with Crippen LogP contribution in [0.4, 0.5) is 10.7 Å². The number of rotatable bonds is 6. The molecule has 0 aliphatic heterocycles. The zero-order valence-corrected chi connectivity index (χ0v) is 17.2. The van der Waals surface area contributed by atoms with E-state index in [1.807, 2.05) is 5.32 Å². The number of methoxy groups -OCH3 is 2. The van der Waals surface area contributed by atoms with E-state index in [9.17, 15) is 21.6 Å². The molecule has 24 heavy (non-hydrogen) atoms. The van der Waals surface area contributed by atoms with E-state index in [-0.39, 0.29) is 52.4 Å². The van der Waals surface area contributed by atoms with Crippen LogP contribution in [0.1, 0.15) is 1.43 Å². The molecule has 12 nitrogen and oxygen atoms in total. The van der Waals surface area contributed by atoms with Crippen molar-refractivity contribution in [3.63, 3.8) is 0 Å². The number of ether oxygens (including phenoxy) is 2. The maximum Gasteiger partial charge on any atom is 1.00 e. The molecule has 0 fully saturated rings. The molecular formula is C9H16N5NaO7S2. The molecule has 1 aromatic rings. The molecule has 1 aromatic heterocycles. The Bertz CT molecular complexity index is 782. The molecule has 0 spiro atoms. The Labute approximate surface area is 162 Å². The topological polar surface area (TPSA) is 157 Å². The number of urea groups is 1. The van der Waals surface area contributed by atoms with Crippen LogP contribution in [0.3, 0.4) is 0 Å². The molecule has 0 atom stereocenters. The van der Waals surface area contributed by atoms with Gasteiger partial charge in [-0.05, 0) is 0 Å².